The smallest absolute Gasteiger partial charge is 0.191 e. The highest BCUT2D eigenvalue weighted by atomic mass is 127. The number of morpholine rings is 1. The van der Waals surface area contributed by atoms with E-state index in [-0.39, 0.29) is 29.8 Å². The SMILES string of the molecule is CN=C(NCc1cccc(CN2CCOC(C)C2)c1)NCc1ccc(C)c(F)c1.I. The molecular formula is C23H32FIN4O. The molecule has 5 nitrogen and oxygen atoms in total. The first kappa shape index (κ1) is 24.6. The Hall–Kier alpha value is -1.71. The topological polar surface area (TPSA) is 48.9 Å². The van der Waals surface area contributed by atoms with Gasteiger partial charge in [0.1, 0.15) is 5.82 Å². The third kappa shape index (κ3) is 7.52. The first-order chi connectivity index (χ1) is 14.0. The van der Waals surface area contributed by atoms with Crippen molar-refractivity contribution in [3.05, 3.63) is 70.5 Å². The van der Waals surface area contributed by atoms with Crippen LogP contribution in [0.1, 0.15) is 29.2 Å². The van der Waals surface area contributed by atoms with Crippen LogP contribution in [0.15, 0.2) is 47.5 Å². The fourth-order valence-electron chi connectivity index (χ4n) is 3.47. The average Bonchev–Trinajstić information content (AvgIpc) is 2.71. The number of rotatable bonds is 6. The Kier molecular flexibility index (Phi) is 10.0. The number of halogens is 2. The lowest BCUT2D eigenvalue weighted by atomic mass is 10.1. The van der Waals surface area contributed by atoms with Crippen molar-refractivity contribution in [1.29, 1.82) is 0 Å². The van der Waals surface area contributed by atoms with Crippen LogP contribution in [-0.4, -0.2) is 43.7 Å². The molecule has 1 fully saturated rings. The zero-order chi connectivity index (χ0) is 20.6. The molecule has 3 rings (SSSR count). The maximum absolute atomic E-state index is 13.7. The molecular weight excluding hydrogens is 494 g/mol. The molecule has 2 aromatic rings. The van der Waals surface area contributed by atoms with Crippen molar-refractivity contribution in [3.63, 3.8) is 0 Å². The van der Waals surface area contributed by atoms with Crippen molar-refractivity contribution < 1.29 is 9.13 Å². The van der Waals surface area contributed by atoms with Gasteiger partial charge < -0.3 is 15.4 Å². The first-order valence-electron chi connectivity index (χ1n) is 10.1. The molecule has 0 amide bonds. The van der Waals surface area contributed by atoms with Crippen molar-refractivity contribution in [3.8, 4) is 0 Å². The van der Waals surface area contributed by atoms with E-state index in [4.69, 9.17) is 4.74 Å². The van der Waals surface area contributed by atoms with Crippen molar-refractivity contribution in [2.45, 2.75) is 39.6 Å². The lowest BCUT2D eigenvalue weighted by Crippen LogP contribution is -2.40. The molecule has 1 saturated heterocycles. The summed E-state index contributed by atoms with van der Waals surface area (Å²) in [5, 5.41) is 6.57. The summed E-state index contributed by atoms with van der Waals surface area (Å²) in [5.74, 6) is 0.511. The highest BCUT2D eigenvalue weighted by Crippen LogP contribution is 2.12. The van der Waals surface area contributed by atoms with E-state index in [1.807, 2.05) is 6.07 Å². The molecule has 30 heavy (non-hydrogen) atoms. The molecule has 1 aliphatic rings. The quantitative estimate of drug-likeness (QED) is 0.341. The number of nitrogens with one attached hydrogen (secondary N) is 2. The Morgan fingerprint density at radius 2 is 1.83 bits per heavy atom. The molecule has 0 radical (unpaired) electrons. The van der Waals surface area contributed by atoms with Crippen LogP contribution in [0.2, 0.25) is 0 Å². The molecule has 0 aromatic heterocycles. The van der Waals surface area contributed by atoms with Gasteiger partial charge in [0.2, 0.25) is 0 Å². The first-order valence-corrected chi connectivity index (χ1v) is 10.1. The highest BCUT2D eigenvalue weighted by molar-refractivity contribution is 14.0. The van der Waals surface area contributed by atoms with Gasteiger partial charge in [-0.05, 0) is 42.2 Å². The molecule has 1 atom stereocenters. The van der Waals surface area contributed by atoms with Gasteiger partial charge in [-0.1, -0.05) is 36.4 Å². The number of aliphatic imine (C=N–C) groups is 1. The zero-order valence-corrected chi connectivity index (χ0v) is 20.3. The summed E-state index contributed by atoms with van der Waals surface area (Å²) in [6, 6.07) is 13.9. The van der Waals surface area contributed by atoms with Gasteiger partial charge in [-0.25, -0.2) is 4.39 Å². The fourth-order valence-corrected chi connectivity index (χ4v) is 3.47. The third-order valence-corrected chi connectivity index (χ3v) is 5.10. The molecule has 1 unspecified atom stereocenters. The minimum Gasteiger partial charge on any atom is -0.376 e. The largest absolute Gasteiger partial charge is 0.376 e. The molecule has 0 aliphatic carbocycles. The number of hydrogen-bond donors (Lipinski definition) is 2. The van der Waals surface area contributed by atoms with Gasteiger partial charge in [0.15, 0.2) is 5.96 Å². The van der Waals surface area contributed by atoms with Crippen LogP contribution in [0, 0.1) is 12.7 Å². The Morgan fingerprint density at radius 1 is 1.13 bits per heavy atom. The van der Waals surface area contributed by atoms with E-state index in [0.29, 0.717) is 30.7 Å². The van der Waals surface area contributed by atoms with Crippen LogP contribution in [0.3, 0.4) is 0 Å². The van der Waals surface area contributed by atoms with Gasteiger partial charge in [0.05, 0.1) is 12.7 Å². The minimum atomic E-state index is -0.182. The summed E-state index contributed by atoms with van der Waals surface area (Å²) in [7, 11) is 1.74. The van der Waals surface area contributed by atoms with Gasteiger partial charge in [-0.2, -0.15) is 0 Å². The lowest BCUT2D eigenvalue weighted by molar-refractivity contribution is -0.0212. The van der Waals surface area contributed by atoms with Crippen LogP contribution in [-0.2, 0) is 24.4 Å². The number of guanidine groups is 1. The van der Waals surface area contributed by atoms with E-state index >= 15 is 0 Å². The second-order valence-electron chi connectivity index (χ2n) is 7.60. The van der Waals surface area contributed by atoms with E-state index in [2.05, 4.69) is 51.7 Å². The summed E-state index contributed by atoms with van der Waals surface area (Å²) < 4.78 is 19.3. The Balaban J connectivity index is 0.00000320. The maximum Gasteiger partial charge on any atom is 0.191 e. The highest BCUT2D eigenvalue weighted by Gasteiger charge is 2.16. The molecule has 7 heteroatoms. The number of ether oxygens (including phenoxy) is 1. The van der Waals surface area contributed by atoms with E-state index < -0.39 is 0 Å². The molecule has 0 saturated carbocycles. The number of aryl methyl sites for hydroxylation is 1. The second kappa shape index (κ2) is 12.2. The van der Waals surface area contributed by atoms with Gasteiger partial charge in [-0.3, -0.25) is 9.89 Å². The normalized spacial score (nSPS) is 17.3. The summed E-state index contributed by atoms with van der Waals surface area (Å²) >= 11 is 0. The summed E-state index contributed by atoms with van der Waals surface area (Å²) in [6.07, 6.45) is 0.296. The predicted molar refractivity (Wildman–Crippen MR) is 131 cm³/mol. The van der Waals surface area contributed by atoms with E-state index in [9.17, 15) is 4.39 Å². The van der Waals surface area contributed by atoms with Crippen molar-refractivity contribution in [2.75, 3.05) is 26.7 Å². The van der Waals surface area contributed by atoms with Crippen LogP contribution < -0.4 is 10.6 Å². The fraction of sp³-hybridized carbons (Fsp3) is 0.435. The Labute approximate surface area is 196 Å². The van der Waals surface area contributed by atoms with Gasteiger partial charge in [0, 0.05) is 39.8 Å². The second-order valence-corrected chi connectivity index (χ2v) is 7.60. The van der Waals surface area contributed by atoms with Crippen molar-refractivity contribution in [1.82, 2.24) is 15.5 Å². The molecule has 2 N–H and O–H groups in total. The van der Waals surface area contributed by atoms with E-state index in [1.54, 1.807) is 26.1 Å². The number of benzene rings is 2. The summed E-state index contributed by atoms with van der Waals surface area (Å²) in [4.78, 5) is 6.69. The van der Waals surface area contributed by atoms with Crippen LogP contribution in [0.5, 0.6) is 0 Å². The summed E-state index contributed by atoms with van der Waals surface area (Å²) in [6.45, 7) is 8.77. The predicted octanol–water partition coefficient (Wildman–Crippen LogP) is 3.84. The minimum absolute atomic E-state index is 0. The van der Waals surface area contributed by atoms with Crippen LogP contribution >= 0.6 is 24.0 Å². The molecule has 1 heterocycles. The number of nitrogens with zero attached hydrogens (tertiary/aromatic N) is 2. The molecule has 0 spiro atoms. The molecule has 0 bridgehead atoms. The zero-order valence-electron chi connectivity index (χ0n) is 18.0. The Morgan fingerprint density at radius 3 is 2.50 bits per heavy atom. The monoisotopic (exact) mass is 526 g/mol. The maximum atomic E-state index is 13.7. The van der Waals surface area contributed by atoms with Gasteiger partial charge >= 0.3 is 0 Å². The standard InChI is InChI=1S/C23H31FN4O.HI/c1-17-7-8-20(12-22(17)24)14-27-23(25-3)26-13-19-5-4-6-21(11-19)16-28-9-10-29-18(2)15-28;/h4-8,11-12,18H,9-10,13-16H2,1-3H3,(H2,25,26,27);1H. The molecule has 164 valence electrons. The van der Waals surface area contributed by atoms with Crippen LogP contribution in [0.4, 0.5) is 4.39 Å². The Bertz CT molecular complexity index is 846. The van der Waals surface area contributed by atoms with Crippen LogP contribution in [0.25, 0.3) is 0 Å². The number of hydrogen-bond acceptors (Lipinski definition) is 3. The average molecular weight is 526 g/mol. The summed E-state index contributed by atoms with van der Waals surface area (Å²) in [5.41, 5.74) is 4.05. The third-order valence-electron chi connectivity index (χ3n) is 5.10. The van der Waals surface area contributed by atoms with E-state index in [1.165, 1.54) is 11.1 Å². The van der Waals surface area contributed by atoms with Crippen molar-refractivity contribution in [2.24, 2.45) is 4.99 Å². The molecule has 2 aromatic carbocycles. The van der Waals surface area contributed by atoms with E-state index in [0.717, 1.165) is 31.8 Å². The van der Waals surface area contributed by atoms with Gasteiger partial charge in [-0.15, -0.1) is 24.0 Å². The van der Waals surface area contributed by atoms with Gasteiger partial charge in [0.25, 0.3) is 0 Å². The van der Waals surface area contributed by atoms with Crippen molar-refractivity contribution >= 4 is 29.9 Å². The molecule has 1 aliphatic heterocycles. The lowest BCUT2D eigenvalue weighted by Gasteiger charge is -2.31.